The maximum atomic E-state index is 12.0. The Kier molecular flexibility index (Phi) is 11.5. The van der Waals surface area contributed by atoms with Crippen molar-refractivity contribution >= 4 is 23.0 Å². The number of carbonyl (C=O) groups is 1. The molecule has 236 valence electrons. The second kappa shape index (κ2) is 15.9. The van der Waals surface area contributed by atoms with Crippen molar-refractivity contribution in [2.45, 2.75) is 109 Å². The number of benzene rings is 4. The van der Waals surface area contributed by atoms with Crippen LogP contribution in [0.25, 0.3) is 11.1 Å². The SMILES string of the molecule is CCCCCCCCC1(CCCCCCCC)c2ccccc2-c2ccc(N(c3ccccc3)c3cccc(C(=O)O)c3)cc21. The molecule has 1 N–H and O–H groups in total. The molecule has 0 saturated heterocycles. The highest BCUT2D eigenvalue weighted by Crippen LogP contribution is 2.55. The molecule has 4 aromatic carbocycles. The van der Waals surface area contributed by atoms with E-state index in [1.165, 1.54) is 112 Å². The number of nitrogens with zero attached hydrogens (tertiary/aromatic N) is 1. The molecule has 3 nitrogen and oxygen atoms in total. The van der Waals surface area contributed by atoms with Gasteiger partial charge in [-0.15, -0.1) is 0 Å². The van der Waals surface area contributed by atoms with E-state index in [2.05, 4.69) is 73.3 Å². The summed E-state index contributed by atoms with van der Waals surface area (Å²) in [6.45, 7) is 4.58. The van der Waals surface area contributed by atoms with Crippen molar-refractivity contribution in [3.8, 4) is 11.1 Å². The van der Waals surface area contributed by atoms with Crippen LogP contribution in [0, 0.1) is 0 Å². The first-order chi connectivity index (χ1) is 22.1. The lowest BCUT2D eigenvalue weighted by Gasteiger charge is -2.34. The minimum absolute atomic E-state index is 0.0112. The normalized spacial score (nSPS) is 12.9. The standard InChI is InChI=1S/C42H51NO2/c1-3-5-7-9-11-18-29-42(30-19-12-10-8-6-4-2)39-26-17-16-25-37(39)38-28-27-36(32-40(38)42)43(34-22-14-13-15-23-34)35-24-20-21-33(31-35)41(44)45/h13-17,20-28,31-32H,3-12,18-19,29-30H2,1-2H3,(H,44,45). The van der Waals surface area contributed by atoms with Gasteiger partial charge in [0, 0.05) is 22.5 Å². The van der Waals surface area contributed by atoms with Gasteiger partial charge in [0.25, 0.3) is 0 Å². The van der Waals surface area contributed by atoms with Crippen LogP contribution in [0.2, 0.25) is 0 Å². The number of fused-ring (bicyclic) bond motifs is 3. The minimum atomic E-state index is -0.911. The van der Waals surface area contributed by atoms with E-state index in [1.807, 2.05) is 30.3 Å². The first-order valence-corrected chi connectivity index (χ1v) is 17.5. The molecule has 0 aliphatic heterocycles. The first-order valence-electron chi connectivity index (χ1n) is 17.5. The van der Waals surface area contributed by atoms with E-state index in [-0.39, 0.29) is 5.41 Å². The average molecular weight is 602 g/mol. The Morgan fingerprint density at radius 1 is 0.556 bits per heavy atom. The summed E-state index contributed by atoms with van der Waals surface area (Å²) in [6, 6.07) is 33.8. The molecule has 4 aromatic rings. The van der Waals surface area contributed by atoms with E-state index < -0.39 is 5.97 Å². The Bertz CT molecular complexity index is 1510. The number of carboxylic acids is 1. The van der Waals surface area contributed by atoms with E-state index in [9.17, 15) is 9.90 Å². The van der Waals surface area contributed by atoms with Crippen LogP contribution in [0.3, 0.4) is 0 Å². The molecule has 1 aliphatic carbocycles. The zero-order valence-corrected chi connectivity index (χ0v) is 27.4. The first kappa shape index (κ1) is 32.5. The lowest BCUT2D eigenvalue weighted by Crippen LogP contribution is -2.26. The van der Waals surface area contributed by atoms with Crippen molar-refractivity contribution in [1.82, 2.24) is 0 Å². The van der Waals surface area contributed by atoms with Crippen molar-refractivity contribution < 1.29 is 9.90 Å². The molecule has 1 aliphatic rings. The van der Waals surface area contributed by atoms with Crippen molar-refractivity contribution in [3.05, 3.63) is 114 Å². The third kappa shape index (κ3) is 7.52. The lowest BCUT2D eigenvalue weighted by atomic mass is 9.70. The lowest BCUT2D eigenvalue weighted by molar-refractivity contribution is 0.0697. The fourth-order valence-electron chi connectivity index (χ4n) is 7.46. The Balaban J connectivity index is 1.57. The highest BCUT2D eigenvalue weighted by Gasteiger charge is 2.42. The Morgan fingerprint density at radius 3 is 1.78 bits per heavy atom. The predicted molar refractivity (Wildman–Crippen MR) is 190 cm³/mol. The highest BCUT2D eigenvalue weighted by molar-refractivity contribution is 5.91. The molecule has 45 heavy (non-hydrogen) atoms. The molecule has 0 atom stereocenters. The molecule has 0 amide bonds. The number of para-hydroxylation sites is 1. The van der Waals surface area contributed by atoms with E-state index in [0.29, 0.717) is 5.56 Å². The molecule has 0 spiro atoms. The van der Waals surface area contributed by atoms with Crippen LogP contribution in [0.4, 0.5) is 17.1 Å². The van der Waals surface area contributed by atoms with Crippen LogP contribution in [0.15, 0.2) is 97.1 Å². The van der Waals surface area contributed by atoms with Gasteiger partial charge in [0.1, 0.15) is 0 Å². The number of carboxylic acid groups (broad SMARTS) is 1. The second-order valence-corrected chi connectivity index (χ2v) is 12.9. The minimum Gasteiger partial charge on any atom is -0.478 e. The maximum Gasteiger partial charge on any atom is 0.335 e. The summed E-state index contributed by atoms with van der Waals surface area (Å²) in [5.41, 5.74) is 8.92. The maximum absolute atomic E-state index is 12.0. The van der Waals surface area contributed by atoms with Crippen LogP contribution in [0.1, 0.15) is 125 Å². The van der Waals surface area contributed by atoms with E-state index in [1.54, 1.807) is 12.1 Å². The second-order valence-electron chi connectivity index (χ2n) is 12.9. The number of anilines is 3. The summed E-state index contributed by atoms with van der Waals surface area (Å²) in [6.07, 6.45) is 17.9. The fraction of sp³-hybridized carbons (Fsp3) is 0.405. The van der Waals surface area contributed by atoms with Gasteiger partial charge in [-0.05, 0) is 77.6 Å². The van der Waals surface area contributed by atoms with Gasteiger partial charge in [-0.3, -0.25) is 0 Å². The molecular formula is C42H51NO2. The zero-order chi connectivity index (χ0) is 31.5. The number of unbranched alkanes of at least 4 members (excludes halogenated alkanes) is 10. The molecule has 0 fully saturated rings. The van der Waals surface area contributed by atoms with Crippen LogP contribution in [-0.4, -0.2) is 11.1 Å². The van der Waals surface area contributed by atoms with Gasteiger partial charge in [0.2, 0.25) is 0 Å². The Labute approximate surface area is 271 Å². The number of hydrogen-bond donors (Lipinski definition) is 1. The van der Waals surface area contributed by atoms with E-state index in [0.717, 1.165) is 17.1 Å². The number of hydrogen-bond acceptors (Lipinski definition) is 2. The summed E-state index contributed by atoms with van der Waals surface area (Å²) in [7, 11) is 0. The summed E-state index contributed by atoms with van der Waals surface area (Å²) in [5.74, 6) is -0.911. The van der Waals surface area contributed by atoms with Gasteiger partial charge >= 0.3 is 5.97 Å². The molecule has 0 radical (unpaired) electrons. The van der Waals surface area contributed by atoms with Gasteiger partial charge in [-0.1, -0.05) is 145 Å². The van der Waals surface area contributed by atoms with Crippen molar-refractivity contribution in [2.75, 3.05) is 4.90 Å². The molecule has 0 unspecified atom stereocenters. The third-order valence-corrected chi connectivity index (χ3v) is 9.79. The van der Waals surface area contributed by atoms with Gasteiger partial charge in [-0.2, -0.15) is 0 Å². The van der Waals surface area contributed by atoms with Gasteiger partial charge in [0.05, 0.1) is 5.56 Å². The quantitative estimate of drug-likeness (QED) is 0.115. The monoisotopic (exact) mass is 601 g/mol. The molecular weight excluding hydrogens is 550 g/mol. The van der Waals surface area contributed by atoms with Crippen LogP contribution < -0.4 is 4.90 Å². The van der Waals surface area contributed by atoms with Gasteiger partial charge in [0.15, 0.2) is 0 Å². The summed E-state index contributed by atoms with van der Waals surface area (Å²) < 4.78 is 0. The van der Waals surface area contributed by atoms with Crippen molar-refractivity contribution in [2.24, 2.45) is 0 Å². The largest absolute Gasteiger partial charge is 0.478 e. The predicted octanol–water partition coefficient (Wildman–Crippen LogP) is 12.6. The van der Waals surface area contributed by atoms with Crippen LogP contribution in [0.5, 0.6) is 0 Å². The highest BCUT2D eigenvalue weighted by atomic mass is 16.4. The molecule has 0 bridgehead atoms. The summed E-state index contributed by atoms with van der Waals surface area (Å²) in [4.78, 5) is 14.2. The summed E-state index contributed by atoms with van der Waals surface area (Å²) >= 11 is 0. The Morgan fingerprint density at radius 2 is 1.11 bits per heavy atom. The number of aromatic carboxylic acids is 1. The molecule has 0 heterocycles. The zero-order valence-electron chi connectivity index (χ0n) is 27.4. The average Bonchev–Trinajstić information content (AvgIpc) is 3.34. The van der Waals surface area contributed by atoms with E-state index >= 15 is 0 Å². The summed E-state index contributed by atoms with van der Waals surface area (Å²) in [5, 5.41) is 9.81. The molecule has 0 aromatic heterocycles. The molecule has 0 saturated carbocycles. The fourth-order valence-corrected chi connectivity index (χ4v) is 7.46. The topological polar surface area (TPSA) is 40.5 Å². The van der Waals surface area contributed by atoms with Gasteiger partial charge in [-0.25, -0.2) is 4.79 Å². The van der Waals surface area contributed by atoms with Gasteiger partial charge < -0.3 is 10.0 Å². The van der Waals surface area contributed by atoms with E-state index in [4.69, 9.17) is 0 Å². The third-order valence-electron chi connectivity index (χ3n) is 9.79. The number of rotatable bonds is 18. The van der Waals surface area contributed by atoms with Crippen molar-refractivity contribution in [3.63, 3.8) is 0 Å². The molecule has 5 rings (SSSR count). The van der Waals surface area contributed by atoms with Crippen LogP contribution in [-0.2, 0) is 5.41 Å². The molecule has 3 heteroatoms. The van der Waals surface area contributed by atoms with Crippen LogP contribution >= 0.6 is 0 Å². The smallest absolute Gasteiger partial charge is 0.335 e. The van der Waals surface area contributed by atoms with Crippen molar-refractivity contribution in [1.29, 1.82) is 0 Å². The Hall–Kier alpha value is -3.85.